The van der Waals surface area contributed by atoms with Gasteiger partial charge in [-0.15, -0.1) is 0 Å². The molecule has 0 aromatic rings. The Morgan fingerprint density at radius 3 is 1.96 bits per heavy atom. The Bertz CT molecular complexity index is 459. The van der Waals surface area contributed by atoms with Crippen LogP contribution in [0.1, 0.15) is 54.9 Å². The highest BCUT2D eigenvalue weighted by atomic mass is 28.4. The standard InChI is InChI=1S/C16H33NO3Si.CO2/c1-12-10-13(20-21(8,9)16(5,6)7)11-17(12)14(18)19-15(2,3)4;2-1-3/h12-13H,10-11H2,1-9H3;/t12-,13-;/m1./s1. The van der Waals surface area contributed by atoms with Gasteiger partial charge in [0.1, 0.15) is 5.60 Å². The fourth-order valence-corrected chi connectivity index (χ4v) is 3.59. The summed E-state index contributed by atoms with van der Waals surface area (Å²) >= 11 is 0. The van der Waals surface area contributed by atoms with Gasteiger partial charge in [-0.05, 0) is 52.2 Å². The molecule has 2 atom stereocenters. The Morgan fingerprint density at radius 2 is 1.58 bits per heavy atom. The molecule has 0 aromatic heterocycles. The van der Waals surface area contributed by atoms with Crippen molar-refractivity contribution >= 4 is 20.6 Å². The van der Waals surface area contributed by atoms with E-state index in [-0.39, 0.29) is 29.4 Å². The number of hydrogen-bond donors (Lipinski definition) is 0. The zero-order chi connectivity index (χ0) is 19.3. The summed E-state index contributed by atoms with van der Waals surface area (Å²) in [7, 11) is -1.79. The molecule has 0 bridgehead atoms. The van der Waals surface area contributed by atoms with E-state index in [9.17, 15) is 4.79 Å². The minimum atomic E-state index is -1.79. The van der Waals surface area contributed by atoms with Gasteiger partial charge in [0, 0.05) is 12.6 Å². The molecule has 1 aliphatic rings. The molecule has 1 heterocycles. The Balaban J connectivity index is 0.00000163. The maximum absolute atomic E-state index is 12.2. The van der Waals surface area contributed by atoms with Crippen LogP contribution in [-0.2, 0) is 18.8 Å². The van der Waals surface area contributed by atoms with E-state index in [4.69, 9.17) is 18.8 Å². The minimum Gasteiger partial charge on any atom is -0.444 e. The van der Waals surface area contributed by atoms with Crippen molar-refractivity contribution in [1.29, 1.82) is 0 Å². The van der Waals surface area contributed by atoms with Crippen molar-refractivity contribution in [3.63, 3.8) is 0 Å². The second-order valence-electron chi connectivity index (χ2n) is 8.80. The summed E-state index contributed by atoms with van der Waals surface area (Å²) in [5.74, 6) is 0. The third-order valence-electron chi connectivity index (χ3n) is 4.43. The normalized spacial score (nSPS) is 21.6. The van der Waals surface area contributed by atoms with E-state index < -0.39 is 13.9 Å². The topological polar surface area (TPSA) is 72.9 Å². The van der Waals surface area contributed by atoms with Crippen molar-refractivity contribution in [3.8, 4) is 0 Å². The van der Waals surface area contributed by atoms with Crippen LogP contribution < -0.4 is 0 Å². The lowest BCUT2D eigenvalue weighted by Gasteiger charge is -2.38. The molecule has 24 heavy (non-hydrogen) atoms. The van der Waals surface area contributed by atoms with E-state index >= 15 is 0 Å². The van der Waals surface area contributed by atoms with Crippen LogP contribution in [0.5, 0.6) is 0 Å². The van der Waals surface area contributed by atoms with E-state index in [1.807, 2.05) is 25.7 Å². The van der Waals surface area contributed by atoms with Gasteiger partial charge >= 0.3 is 12.2 Å². The summed E-state index contributed by atoms with van der Waals surface area (Å²) in [4.78, 5) is 30.3. The largest absolute Gasteiger partial charge is 0.444 e. The second-order valence-corrected chi connectivity index (χ2v) is 13.6. The van der Waals surface area contributed by atoms with Gasteiger partial charge in [-0.3, -0.25) is 0 Å². The number of nitrogens with zero attached hydrogens (tertiary/aromatic N) is 1. The van der Waals surface area contributed by atoms with Crippen LogP contribution in [0.15, 0.2) is 0 Å². The zero-order valence-electron chi connectivity index (χ0n) is 16.6. The second kappa shape index (κ2) is 8.27. The quantitative estimate of drug-likeness (QED) is 0.701. The fraction of sp³-hybridized carbons (Fsp3) is 0.882. The maximum atomic E-state index is 12.2. The predicted molar refractivity (Wildman–Crippen MR) is 94.1 cm³/mol. The molecule has 0 radical (unpaired) electrons. The number of rotatable bonds is 2. The van der Waals surface area contributed by atoms with Gasteiger partial charge in [-0.2, -0.15) is 9.59 Å². The fourth-order valence-electron chi connectivity index (χ4n) is 2.24. The lowest BCUT2D eigenvalue weighted by Crippen LogP contribution is -2.45. The Labute approximate surface area is 147 Å². The molecule has 1 rings (SSSR count). The lowest BCUT2D eigenvalue weighted by molar-refractivity contribution is -0.191. The van der Waals surface area contributed by atoms with Crippen LogP contribution in [0, 0.1) is 0 Å². The van der Waals surface area contributed by atoms with E-state index in [1.54, 1.807) is 0 Å². The first-order chi connectivity index (χ1) is 10.6. The molecule has 1 saturated heterocycles. The number of hydrogen-bond acceptors (Lipinski definition) is 5. The molecule has 0 spiro atoms. The van der Waals surface area contributed by atoms with Crippen molar-refractivity contribution in [3.05, 3.63) is 0 Å². The molecule has 0 unspecified atom stereocenters. The average molecular weight is 360 g/mol. The van der Waals surface area contributed by atoms with Crippen LogP contribution in [0.3, 0.4) is 0 Å². The van der Waals surface area contributed by atoms with Crippen molar-refractivity contribution in [2.45, 2.75) is 90.8 Å². The van der Waals surface area contributed by atoms with Crippen LogP contribution in [-0.4, -0.2) is 49.8 Å². The number of carbonyl (C=O) groups is 1. The first kappa shape index (κ1) is 22.8. The Kier molecular flexibility index (Phi) is 7.87. The molecule has 0 N–H and O–H groups in total. The summed E-state index contributed by atoms with van der Waals surface area (Å²) < 4.78 is 11.9. The summed E-state index contributed by atoms with van der Waals surface area (Å²) in [6.07, 6.45) is 1.05. The first-order valence-corrected chi connectivity index (χ1v) is 11.2. The molecule has 1 fully saturated rings. The molecule has 0 aliphatic carbocycles. The highest BCUT2D eigenvalue weighted by molar-refractivity contribution is 6.74. The van der Waals surface area contributed by atoms with E-state index in [0.29, 0.717) is 6.54 Å². The number of likely N-dealkylation sites (tertiary alicyclic amines) is 1. The summed E-state index contributed by atoms with van der Waals surface area (Å²) in [6, 6.07) is 0.176. The smallest absolute Gasteiger partial charge is 0.410 e. The third kappa shape index (κ3) is 7.15. The molecular weight excluding hydrogens is 326 g/mol. The summed E-state index contributed by atoms with van der Waals surface area (Å²) in [6.45, 7) is 19.6. The van der Waals surface area contributed by atoms with E-state index in [1.165, 1.54) is 0 Å². The molecule has 6 nitrogen and oxygen atoms in total. The first-order valence-electron chi connectivity index (χ1n) is 8.31. The lowest BCUT2D eigenvalue weighted by atomic mass is 10.2. The highest BCUT2D eigenvalue weighted by Crippen LogP contribution is 2.39. The van der Waals surface area contributed by atoms with Gasteiger partial charge in [0.2, 0.25) is 0 Å². The SMILES string of the molecule is C[C@@H]1C[C@@H](O[Si](C)(C)C(C)(C)C)CN1C(=O)OC(C)(C)C.O=C=O. The van der Waals surface area contributed by atoms with Crippen molar-refractivity contribution in [1.82, 2.24) is 4.90 Å². The zero-order valence-corrected chi connectivity index (χ0v) is 17.6. The Hall–Kier alpha value is -1.17. The molecule has 140 valence electrons. The molecule has 0 saturated carbocycles. The Morgan fingerprint density at radius 1 is 1.12 bits per heavy atom. The molecular formula is C17H33NO5Si. The van der Waals surface area contributed by atoms with Crippen molar-refractivity contribution in [2.24, 2.45) is 0 Å². The molecule has 1 aliphatic heterocycles. The van der Waals surface area contributed by atoms with Gasteiger partial charge in [0.15, 0.2) is 8.32 Å². The van der Waals surface area contributed by atoms with Crippen molar-refractivity contribution < 1.29 is 23.5 Å². The van der Waals surface area contributed by atoms with E-state index in [0.717, 1.165) is 6.42 Å². The van der Waals surface area contributed by atoms with Gasteiger partial charge in [0.05, 0.1) is 6.10 Å². The van der Waals surface area contributed by atoms with Crippen LogP contribution in [0.4, 0.5) is 4.79 Å². The van der Waals surface area contributed by atoms with Crippen LogP contribution in [0.2, 0.25) is 18.1 Å². The van der Waals surface area contributed by atoms with Gasteiger partial charge in [-0.25, -0.2) is 4.79 Å². The predicted octanol–water partition coefficient (Wildman–Crippen LogP) is 3.82. The summed E-state index contributed by atoms with van der Waals surface area (Å²) in [5.41, 5.74) is -0.449. The molecule has 0 aromatic carbocycles. The maximum Gasteiger partial charge on any atom is 0.410 e. The van der Waals surface area contributed by atoms with Crippen LogP contribution >= 0.6 is 0 Å². The third-order valence-corrected chi connectivity index (χ3v) is 8.97. The monoisotopic (exact) mass is 359 g/mol. The highest BCUT2D eigenvalue weighted by Gasteiger charge is 2.43. The number of ether oxygens (including phenoxy) is 1. The average Bonchev–Trinajstić information content (AvgIpc) is 2.66. The molecule has 1 amide bonds. The number of carbonyl (C=O) groups excluding carboxylic acids is 3. The van der Waals surface area contributed by atoms with Gasteiger partial charge < -0.3 is 14.1 Å². The van der Waals surface area contributed by atoms with Crippen LogP contribution in [0.25, 0.3) is 0 Å². The van der Waals surface area contributed by atoms with Gasteiger partial charge in [0.25, 0.3) is 0 Å². The van der Waals surface area contributed by atoms with E-state index in [2.05, 4.69) is 40.8 Å². The summed E-state index contributed by atoms with van der Waals surface area (Å²) in [5, 5.41) is 0.190. The minimum absolute atomic E-state index is 0.133. The molecule has 7 heteroatoms. The number of amides is 1. The van der Waals surface area contributed by atoms with Crippen molar-refractivity contribution in [2.75, 3.05) is 6.54 Å². The van der Waals surface area contributed by atoms with Gasteiger partial charge in [-0.1, -0.05) is 20.8 Å².